The Morgan fingerprint density at radius 1 is 1.11 bits per heavy atom. The predicted octanol–water partition coefficient (Wildman–Crippen LogP) is 3.17. The van der Waals surface area contributed by atoms with Crippen molar-refractivity contribution in [1.82, 2.24) is 9.88 Å². The lowest BCUT2D eigenvalue weighted by Crippen LogP contribution is -2.42. The van der Waals surface area contributed by atoms with Gasteiger partial charge in [0.1, 0.15) is 0 Å². The molecule has 1 aliphatic rings. The number of carbonyl (C=O) groups is 2. The van der Waals surface area contributed by atoms with Crippen molar-refractivity contribution >= 4 is 11.9 Å². The standard InChI is InChI=1S/C21H24N2O4/c1-14(21(25)27-3)18-5-4-12-23(18)20(24)16-8-6-15(7-9-16)17-10-11-19(26-2)22-13-17/h6-11,13-14,18H,4-5,12H2,1-3H3. The van der Waals surface area contributed by atoms with Gasteiger partial charge in [0.05, 0.1) is 20.1 Å². The first-order chi connectivity index (χ1) is 13.0. The van der Waals surface area contributed by atoms with Gasteiger partial charge in [-0.1, -0.05) is 12.1 Å². The lowest BCUT2D eigenvalue weighted by atomic mass is 9.99. The fourth-order valence-corrected chi connectivity index (χ4v) is 3.55. The second-order valence-electron chi connectivity index (χ2n) is 6.69. The number of amides is 1. The number of esters is 1. The molecule has 0 saturated carbocycles. The summed E-state index contributed by atoms with van der Waals surface area (Å²) < 4.78 is 9.92. The molecule has 1 aromatic heterocycles. The summed E-state index contributed by atoms with van der Waals surface area (Å²) in [6.45, 7) is 2.48. The van der Waals surface area contributed by atoms with Crippen LogP contribution in [0, 0.1) is 5.92 Å². The van der Waals surface area contributed by atoms with Crippen molar-refractivity contribution in [3.8, 4) is 17.0 Å². The highest BCUT2D eigenvalue weighted by Gasteiger charge is 2.36. The van der Waals surface area contributed by atoms with E-state index in [9.17, 15) is 9.59 Å². The molecule has 0 aliphatic carbocycles. The third kappa shape index (κ3) is 3.94. The molecule has 2 atom stereocenters. The van der Waals surface area contributed by atoms with Crippen molar-refractivity contribution in [3.63, 3.8) is 0 Å². The number of benzene rings is 1. The van der Waals surface area contributed by atoms with Crippen LogP contribution in [0.25, 0.3) is 11.1 Å². The van der Waals surface area contributed by atoms with E-state index in [2.05, 4.69) is 4.98 Å². The summed E-state index contributed by atoms with van der Waals surface area (Å²) in [6, 6.07) is 11.1. The first kappa shape index (κ1) is 18.9. The molecule has 0 bridgehead atoms. The van der Waals surface area contributed by atoms with Crippen LogP contribution in [0.15, 0.2) is 42.6 Å². The number of pyridine rings is 1. The SMILES string of the molecule is COC(=O)C(C)C1CCCN1C(=O)c1ccc(-c2ccc(OC)nc2)cc1. The van der Waals surface area contributed by atoms with Crippen molar-refractivity contribution in [1.29, 1.82) is 0 Å². The molecule has 0 radical (unpaired) electrons. The van der Waals surface area contributed by atoms with E-state index in [0.717, 1.165) is 24.0 Å². The van der Waals surface area contributed by atoms with E-state index < -0.39 is 0 Å². The summed E-state index contributed by atoms with van der Waals surface area (Å²) in [5.74, 6) is -0.0915. The van der Waals surface area contributed by atoms with Crippen LogP contribution in [0.3, 0.4) is 0 Å². The topological polar surface area (TPSA) is 68.7 Å². The molecule has 6 nitrogen and oxygen atoms in total. The Balaban J connectivity index is 1.75. The summed E-state index contributed by atoms with van der Waals surface area (Å²) in [5, 5.41) is 0. The number of aromatic nitrogens is 1. The Kier molecular flexibility index (Phi) is 5.74. The van der Waals surface area contributed by atoms with Gasteiger partial charge >= 0.3 is 5.97 Å². The molecule has 1 fully saturated rings. The summed E-state index contributed by atoms with van der Waals surface area (Å²) >= 11 is 0. The van der Waals surface area contributed by atoms with Gasteiger partial charge in [-0.15, -0.1) is 0 Å². The van der Waals surface area contributed by atoms with E-state index in [1.54, 1.807) is 24.3 Å². The summed E-state index contributed by atoms with van der Waals surface area (Å²) in [4.78, 5) is 30.8. The molecule has 0 spiro atoms. The zero-order valence-corrected chi connectivity index (χ0v) is 15.8. The minimum absolute atomic E-state index is 0.0485. The fraction of sp³-hybridized carbons (Fsp3) is 0.381. The first-order valence-electron chi connectivity index (χ1n) is 9.04. The lowest BCUT2D eigenvalue weighted by Gasteiger charge is -2.28. The number of hydrogen-bond acceptors (Lipinski definition) is 5. The first-order valence-corrected chi connectivity index (χ1v) is 9.04. The summed E-state index contributed by atoms with van der Waals surface area (Å²) in [7, 11) is 2.96. The highest BCUT2D eigenvalue weighted by atomic mass is 16.5. The smallest absolute Gasteiger partial charge is 0.310 e. The molecule has 0 N–H and O–H groups in total. The van der Waals surface area contributed by atoms with Crippen LogP contribution >= 0.6 is 0 Å². The minimum atomic E-state index is -0.328. The van der Waals surface area contributed by atoms with Crippen LogP contribution < -0.4 is 4.74 Å². The zero-order valence-electron chi connectivity index (χ0n) is 15.8. The Hall–Kier alpha value is -2.89. The number of likely N-dealkylation sites (tertiary alicyclic amines) is 1. The second-order valence-corrected chi connectivity index (χ2v) is 6.69. The van der Waals surface area contributed by atoms with E-state index >= 15 is 0 Å². The highest BCUT2D eigenvalue weighted by molar-refractivity contribution is 5.95. The zero-order chi connectivity index (χ0) is 19.4. The van der Waals surface area contributed by atoms with Gasteiger partial charge in [-0.25, -0.2) is 4.98 Å². The molecule has 2 aromatic rings. The molecule has 1 aromatic carbocycles. The third-order valence-corrected chi connectivity index (χ3v) is 5.12. The van der Waals surface area contributed by atoms with Crippen molar-refractivity contribution < 1.29 is 19.1 Å². The molecule has 2 heterocycles. The molecular weight excluding hydrogens is 344 g/mol. The van der Waals surface area contributed by atoms with E-state index in [0.29, 0.717) is 18.0 Å². The van der Waals surface area contributed by atoms with Crippen LogP contribution in [0.5, 0.6) is 5.88 Å². The van der Waals surface area contributed by atoms with Crippen LogP contribution in [0.2, 0.25) is 0 Å². The van der Waals surface area contributed by atoms with E-state index in [-0.39, 0.29) is 23.8 Å². The molecule has 1 saturated heterocycles. The monoisotopic (exact) mass is 368 g/mol. The number of ether oxygens (including phenoxy) is 2. The molecule has 6 heteroatoms. The largest absolute Gasteiger partial charge is 0.481 e. The van der Waals surface area contributed by atoms with Crippen LogP contribution in [-0.4, -0.2) is 48.6 Å². The number of rotatable bonds is 5. The Morgan fingerprint density at radius 2 is 1.81 bits per heavy atom. The molecule has 3 rings (SSSR count). The number of hydrogen-bond donors (Lipinski definition) is 0. The second kappa shape index (κ2) is 8.20. The van der Waals surface area contributed by atoms with Gasteiger partial charge in [-0.2, -0.15) is 0 Å². The fourth-order valence-electron chi connectivity index (χ4n) is 3.55. The van der Waals surface area contributed by atoms with Crippen molar-refractivity contribution in [3.05, 3.63) is 48.2 Å². The van der Waals surface area contributed by atoms with Gasteiger partial charge in [0.2, 0.25) is 5.88 Å². The van der Waals surface area contributed by atoms with Crippen LogP contribution in [0.1, 0.15) is 30.1 Å². The lowest BCUT2D eigenvalue weighted by molar-refractivity contribution is -0.146. The third-order valence-electron chi connectivity index (χ3n) is 5.12. The van der Waals surface area contributed by atoms with Gasteiger partial charge in [0.15, 0.2) is 0 Å². The molecular formula is C21H24N2O4. The summed E-state index contributed by atoms with van der Waals surface area (Å²) in [6.07, 6.45) is 3.45. The summed E-state index contributed by atoms with van der Waals surface area (Å²) in [5.41, 5.74) is 2.54. The molecule has 2 unspecified atom stereocenters. The van der Waals surface area contributed by atoms with Gasteiger partial charge in [-0.05, 0) is 43.5 Å². The highest BCUT2D eigenvalue weighted by Crippen LogP contribution is 2.27. The number of methoxy groups -OCH3 is 2. The quantitative estimate of drug-likeness (QED) is 0.758. The van der Waals surface area contributed by atoms with E-state index in [4.69, 9.17) is 9.47 Å². The van der Waals surface area contributed by atoms with Crippen molar-refractivity contribution in [2.45, 2.75) is 25.8 Å². The maximum absolute atomic E-state index is 12.9. The Bertz CT molecular complexity index is 802. The molecule has 1 aliphatic heterocycles. The number of nitrogens with zero attached hydrogens (tertiary/aromatic N) is 2. The number of carbonyl (C=O) groups excluding carboxylic acids is 2. The van der Waals surface area contributed by atoms with Crippen molar-refractivity contribution in [2.24, 2.45) is 5.92 Å². The Labute approximate surface area is 159 Å². The Morgan fingerprint density at radius 3 is 2.41 bits per heavy atom. The minimum Gasteiger partial charge on any atom is -0.481 e. The average molecular weight is 368 g/mol. The maximum atomic E-state index is 12.9. The van der Waals surface area contributed by atoms with Crippen LogP contribution in [0.4, 0.5) is 0 Å². The van der Waals surface area contributed by atoms with Gasteiger partial charge in [0, 0.05) is 36.0 Å². The normalized spacial score (nSPS) is 17.4. The predicted molar refractivity (Wildman–Crippen MR) is 101 cm³/mol. The van der Waals surface area contributed by atoms with Gasteiger partial charge in [0.25, 0.3) is 5.91 Å². The molecule has 1 amide bonds. The van der Waals surface area contributed by atoms with Gasteiger partial charge in [-0.3, -0.25) is 9.59 Å². The average Bonchev–Trinajstić information content (AvgIpc) is 3.22. The maximum Gasteiger partial charge on any atom is 0.310 e. The van der Waals surface area contributed by atoms with Crippen LogP contribution in [-0.2, 0) is 9.53 Å². The van der Waals surface area contributed by atoms with Crippen molar-refractivity contribution in [2.75, 3.05) is 20.8 Å². The van der Waals surface area contributed by atoms with E-state index in [1.165, 1.54) is 7.11 Å². The van der Waals surface area contributed by atoms with E-state index in [1.807, 2.05) is 37.3 Å². The molecule has 27 heavy (non-hydrogen) atoms. The van der Waals surface area contributed by atoms with Gasteiger partial charge < -0.3 is 14.4 Å². The molecule has 142 valence electrons.